The highest BCUT2D eigenvalue weighted by molar-refractivity contribution is 6.35. The highest BCUT2D eigenvalue weighted by Gasteiger charge is 2.10. The van der Waals surface area contributed by atoms with Crippen LogP contribution in [0.5, 0.6) is 5.75 Å². The van der Waals surface area contributed by atoms with Crippen molar-refractivity contribution in [2.24, 2.45) is 0 Å². The molecule has 1 amide bonds. The number of esters is 1. The molecule has 0 aromatic heterocycles. The maximum atomic E-state index is 11.9. The lowest BCUT2D eigenvalue weighted by molar-refractivity contribution is -0.137. The van der Waals surface area contributed by atoms with Gasteiger partial charge in [0.05, 0.1) is 5.56 Å². The summed E-state index contributed by atoms with van der Waals surface area (Å²) in [5.41, 5.74) is 1.28. The first-order valence-electron chi connectivity index (χ1n) is 7.27. The van der Waals surface area contributed by atoms with Gasteiger partial charge < -0.3 is 10.1 Å². The third kappa shape index (κ3) is 4.78. The monoisotopic (exact) mass is 311 g/mol. The number of amides is 1. The van der Waals surface area contributed by atoms with E-state index < -0.39 is 17.7 Å². The topological polar surface area (TPSA) is 72.5 Å². The van der Waals surface area contributed by atoms with Crippen LogP contribution in [0.2, 0.25) is 0 Å². The van der Waals surface area contributed by atoms with Crippen molar-refractivity contribution < 1.29 is 19.1 Å². The van der Waals surface area contributed by atoms with Gasteiger partial charge in [-0.1, -0.05) is 37.3 Å². The number of ether oxygens (including phenoxy) is 1. The number of hydrogen-bond acceptors (Lipinski definition) is 4. The van der Waals surface area contributed by atoms with Gasteiger partial charge in [0.25, 0.3) is 5.91 Å². The van der Waals surface area contributed by atoms with E-state index in [1.54, 1.807) is 55.5 Å². The lowest BCUT2D eigenvalue weighted by Gasteiger charge is -2.07. The molecule has 0 radical (unpaired) electrons. The third-order valence-electron chi connectivity index (χ3n) is 3.17. The molecule has 2 rings (SSSR count). The van der Waals surface area contributed by atoms with Gasteiger partial charge in [0, 0.05) is 13.0 Å². The van der Waals surface area contributed by atoms with Crippen LogP contribution in [0.1, 0.15) is 29.3 Å². The zero-order valence-electron chi connectivity index (χ0n) is 12.7. The van der Waals surface area contributed by atoms with Crippen LogP contribution in [0.25, 0.3) is 0 Å². The largest absolute Gasteiger partial charge is 0.423 e. The number of ketones is 1. The Labute approximate surface area is 134 Å². The molecule has 5 heteroatoms. The fourth-order valence-corrected chi connectivity index (χ4v) is 1.86. The molecule has 0 fully saturated rings. The second kappa shape index (κ2) is 7.89. The summed E-state index contributed by atoms with van der Waals surface area (Å²) in [6.07, 6.45) is 0.181. The van der Waals surface area contributed by atoms with Crippen molar-refractivity contribution in [2.45, 2.75) is 19.9 Å². The minimum absolute atomic E-state index is 0.181. The van der Waals surface area contributed by atoms with Crippen molar-refractivity contribution in [3.63, 3.8) is 0 Å². The van der Waals surface area contributed by atoms with Gasteiger partial charge in [0.15, 0.2) is 0 Å². The fraction of sp³-hybridized carbons (Fsp3) is 0.167. The first-order valence-corrected chi connectivity index (χ1v) is 7.27. The first kappa shape index (κ1) is 16.4. The summed E-state index contributed by atoms with van der Waals surface area (Å²) in [7, 11) is 0. The van der Waals surface area contributed by atoms with Crippen LogP contribution in [0.4, 0.5) is 0 Å². The van der Waals surface area contributed by atoms with E-state index >= 15 is 0 Å². The Bertz CT molecular complexity index is 693. The number of nitrogens with one attached hydrogen (secondary N) is 1. The summed E-state index contributed by atoms with van der Waals surface area (Å²) in [6, 6.07) is 15.4. The molecule has 0 spiro atoms. The Balaban J connectivity index is 1.91. The van der Waals surface area contributed by atoms with Gasteiger partial charge in [-0.3, -0.25) is 9.59 Å². The summed E-state index contributed by atoms with van der Waals surface area (Å²) in [5, 5.41) is 2.54. The van der Waals surface area contributed by atoms with Crippen LogP contribution in [0.3, 0.4) is 0 Å². The fourth-order valence-electron chi connectivity index (χ4n) is 1.86. The minimum atomic E-state index is -0.591. The minimum Gasteiger partial charge on any atom is -0.423 e. The van der Waals surface area contributed by atoms with Crippen molar-refractivity contribution in [3.05, 3.63) is 65.7 Å². The summed E-state index contributed by atoms with van der Waals surface area (Å²) >= 11 is 0. The molecule has 0 heterocycles. The lowest BCUT2D eigenvalue weighted by Crippen LogP contribution is -2.29. The van der Waals surface area contributed by atoms with Gasteiger partial charge in [0.2, 0.25) is 5.78 Å². The van der Waals surface area contributed by atoms with Gasteiger partial charge in [-0.2, -0.15) is 0 Å². The summed E-state index contributed by atoms with van der Waals surface area (Å²) in [6.45, 7) is 1.88. The number of rotatable bonds is 6. The molecule has 0 aliphatic rings. The molecule has 5 nitrogen and oxygen atoms in total. The predicted molar refractivity (Wildman–Crippen MR) is 85.0 cm³/mol. The van der Waals surface area contributed by atoms with E-state index in [2.05, 4.69) is 5.32 Å². The van der Waals surface area contributed by atoms with E-state index in [9.17, 15) is 14.4 Å². The van der Waals surface area contributed by atoms with Crippen LogP contribution in [-0.4, -0.2) is 17.7 Å². The molecule has 0 aliphatic heterocycles. The van der Waals surface area contributed by atoms with E-state index in [0.717, 1.165) is 5.56 Å². The number of Topliss-reactive ketones (excluding diaryl/α,β-unsaturated/α-hetero) is 1. The van der Waals surface area contributed by atoms with Crippen LogP contribution in [-0.2, 0) is 16.1 Å². The highest BCUT2D eigenvalue weighted by atomic mass is 16.5. The van der Waals surface area contributed by atoms with Crippen molar-refractivity contribution >= 4 is 17.7 Å². The molecule has 0 bridgehead atoms. The average molecular weight is 311 g/mol. The Morgan fingerprint density at radius 2 is 1.61 bits per heavy atom. The Kier molecular flexibility index (Phi) is 5.63. The van der Waals surface area contributed by atoms with Crippen LogP contribution in [0, 0.1) is 0 Å². The maximum Gasteiger partial charge on any atom is 0.343 e. The number of hydrogen-bond donors (Lipinski definition) is 1. The third-order valence-corrected chi connectivity index (χ3v) is 3.17. The standard InChI is InChI=1S/C18H17NO4/c1-2-16(20)17(21)19-12-13-8-10-15(11-9-13)23-18(22)14-6-4-3-5-7-14/h3-11H,2,12H2,1H3,(H,19,21). The van der Waals surface area contributed by atoms with E-state index in [1.807, 2.05) is 6.07 Å². The van der Waals surface area contributed by atoms with Gasteiger partial charge in [-0.05, 0) is 29.8 Å². The molecule has 2 aromatic rings. The molecular formula is C18H17NO4. The molecule has 0 aliphatic carbocycles. The van der Waals surface area contributed by atoms with Gasteiger partial charge in [-0.25, -0.2) is 4.79 Å². The normalized spacial score (nSPS) is 9.96. The quantitative estimate of drug-likeness (QED) is 0.505. The van der Waals surface area contributed by atoms with Crippen molar-refractivity contribution in [2.75, 3.05) is 0 Å². The smallest absolute Gasteiger partial charge is 0.343 e. The zero-order valence-corrected chi connectivity index (χ0v) is 12.7. The van der Waals surface area contributed by atoms with Crippen molar-refractivity contribution in [1.29, 1.82) is 0 Å². The molecule has 1 N–H and O–H groups in total. The maximum absolute atomic E-state index is 11.9. The van der Waals surface area contributed by atoms with E-state index in [1.165, 1.54) is 0 Å². The van der Waals surface area contributed by atoms with Gasteiger partial charge in [0.1, 0.15) is 5.75 Å². The molecule has 0 saturated heterocycles. The summed E-state index contributed by atoms with van der Waals surface area (Å²) in [5.74, 6) is -1.05. The van der Waals surface area contributed by atoms with E-state index in [4.69, 9.17) is 4.74 Å². The van der Waals surface area contributed by atoms with Crippen molar-refractivity contribution in [1.82, 2.24) is 5.32 Å². The molecule has 23 heavy (non-hydrogen) atoms. The molecule has 0 atom stereocenters. The van der Waals surface area contributed by atoms with Gasteiger partial charge in [-0.15, -0.1) is 0 Å². The van der Waals surface area contributed by atoms with Crippen LogP contribution >= 0.6 is 0 Å². The number of carbonyl (C=O) groups excluding carboxylic acids is 3. The molecule has 0 unspecified atom stereocenters. The highest BCUT2D eigenvalue weighted by Crippen LogP contribution is 2.14. The SMILES string of the molecule is CCC(=O)C(=O)NCc1ccc(OC(=O)c2ccccc2)cc1. The second-order valence-corrected chi connectivity index (χ2v) is 4.86. The molecule has 118 valence electrons. The van der Waals surface area contributed by atoms with E-state index in [0.29, 0.717) is 11.3 Å². The Hall–Kier alpha value is -2.95. The number of carbonyl (C=O) groups is 3. The molecule has 0 saturated carbocycles. The number of benzene rings is 2. The van der Waals surface area contributed by atoms with Crippen molar-refractivity contribution in [3.8, 4) is 5.75 Å². The second-order valence-electron chi connectivity index (χ2n) is 4.86. The molecular weight excluding hydrogens is 294 g/mol. The Morgan fingerprint density at radius 1 is 0.957 bits per heavy atom. The summed E-state index contributed by atoms with van der Waals surface area (Å²) in [4.78, 5) is 34.5. The average Bonchev–Trinajstić information content (AvgIpc) is 2.60. The predicted octanol–water partition coefficient (Wildman–Crippen LogP) is 2.50. The molecule has 2 aromatic carbocycles. The first-order chi connectivity index (χ1) is 11.1. The lowest BCUT2D eigenvalue weighted by atomic mass is 10.2. The Morgan fingerprint density at radius 3 is 2.22 bits per heavy atom. The van der Waals surface area contributed by atoms with Gasteiger partial charge >= 0.3 is 5.97 Å². The summed E-state index contributed by atoms with van der Waals surface area (Å²) < 4.78 is 5.26. The van der Waals surface area contributed by atoms with Crippen LogP contribution < -0.4 is 10.1 Å². The van der Waals surface area contributed by atoms with Crippen LogP contribution in [0.15, 0.2) is 54.6 Å². The van der Waals surface area contributed by atoms with E-state index in [-0.39, 0.29) is 13.0 Å². The zero-order chi connectivity index (χ0) is 16.7.